The van der Waals surface area contributed by atoms with Gasteiger partial charge in [-0.3, -0.25) is 4.79 Å². The Labute approximate surface area is 112 Å². The van der Waals surface area contributed by atoms with Gasteiger partial charge >= 0.3 is 0 Å². The molecular formula is C14H16N4O. The normalized spacial score (nSPS) is 10.4. The second-order valence-corrected chi connectivity index (χ2v) is 4.30. The van der Waals surface area contributed by atoms with E-state index in [1.165, 1.54) is 12.1 Å². The zero-order valence-corrected chi connectivity index (χ0v) is 11.0. The van der Waals surface area contributed by atoms with Crippen LogP contribution in [0.25, 0.3) is 0 Å². The van der Waals surface area contributed by atoms with Crippen LogP contribution in [0.5, 0.6) is 0 Å². The number of hydrogen-bond donors (Lipinski definition) is 2. The monoisotopic (exact) mass is 256 g/mol. The zero-order valence-electron chi connectivity index (χ0n) is 11.0. The fourth-order valence-electron chi connectivity index (χ4n) is 1.64. The van der Waals surface area contributed by atoms with Crippen LogP contribution in [-0.4, -0.2) is 11.4 Å². The highest BCUT2D eigenvalue weighted by Crippen LogP contribution is 2.18. The summed E-state index contributed by atoms with van der Waals surface area (Å²) in [6.07, 6.45) is 1.05. The van der Waals surface area contributed by atoms with E-state index < -0.39 is 5.54 Å². The van der Waals surface area contributed by atoms with Gasteiger partial charge in [-0.1, -0.05) is 13.8 Å². The van der Waals surface area contributed by atoms with E-state index in [0.29, 0.717) is 18.5 Å². The molecular weight excluding hydrogens is 240 g/mol. The van der Waals surface area contributed by atoms with E-state index in [0.717, 1.165) is 0 Å². The maximum atomic E-state index is 12.1. The van der Waals surface area contributed by atoms with Gasteiger partial charge in [0.25, 0.3) is 0 Å². The van der Waals surface area contributed by atoms with Crippen molar-refractivity contribution in [3.05, 3.63) is 29.3 Å². The number of carbonyl (C=O) groups is 1. The number of nitriles is 2. The van der Waals surface area contributed by atoms with Gasteiger partial charge in [0.15, 0.2) is 0 Å². The molecule has 0 saturated heterocycles. The quantitative estimate of drug-likeness (QED) is 0.858. The lowest BCUT2D eigenvalue weighted by atomic mass is 9.93. The number of carbonyl (C=O) groups excluding carboxylic acids is 1. The van der Waals surface area contributed by atoms with Gasteiger partial charge in [-0.05, 0) is 31.0 Å². The molecule has 0 spiro atoms. The van der Waals surface area contributed by atoms with Crippen LogP contribution in [0.1, 0.15) is 37.8 Å². The summed E-state index contributed by atoms with van der Waals surface area (Å²) in [5.41, 5.74) is 6.05. The van der Waals surface area contributed by atoms with E-state index in [1.807, 2.05) is 26.0 Å². The highest BCUT2D eigenvalue weighted by atomic mass is 16.2. The lowest BCUT2D eigenvalue weighted by molar-refractivity contribution is -0.121. The van der Waals surface area contributed by atoms with E-state index in [-0.39, 0.29) is 17.0 Å². The number of nitrogens with one attached hydrogen (secondary N) is 1. The van der Waals surface area contributed by atoms with Crippen molar-refractivity contribution in [3.8, 4) is 12.1 Å². The van der Waals surface area contributed by atoms with Crippen molar-refractivity contribution in [2.75, 3.05) is 5.32 Å². The minimum absolute atomic E-state index is 0.232. The summed E-state index contributed by atoms with van der Waals surface area (Å²) in [5, 5.41) is 20.4. The molecule has 0 aromatic heterocycles. The Morgan fingerprint density at radius 2 is 1.84 bits per heavy atom. The first-order valence-electron chi connectivity index (χ1n) is 6.05. The van der Waals surface area contributed by atoms with Crippen LogP contribution in [0.2, 0.25) is 0 Å². The first kappa shape index (κ1) is 14.7. The Bertz CT molecular complexity index is 562. The van der Waals surface area contributed by atoms with Crippen molar-refractivity contribution in [2.45, 2.75) is 32.2 Å². The first-order chi connectivity index (χ1) is 9.00. The summed E-state index contributed by atoms with van der Waals surface area (Å²) in [6, 6.07) is 8.41. The molecule has 0 saturated carbocycles. The molecule has 0 bridgehead atoms. The highest BCUT2D eigenvalue weighted by Gasteiger charge is 2.29. The summed E-state index contributed by atoms with van der Waals surface area (Å²) >= 11 is 0. The Balaban J connectivity index is 2.99. The Morgan fingerprint density at radius 1 is 1.26 bits per heavy atom. The van der Waals surface area contributed by atoms with Gasteiger partial charge < -0.3 is 11.1 Å². The first-order valence-corrected chi connectivity index (χ1v) is 6.05. The van der Waals surface area contributed by atoms with Crippen LogP contribution < -0.4 is 11.1 Å². The van der Waals surface area contributed by atoms with Crippen molar-refractivity contribution in [1.82, 2.24) is 0 Å². The van der Waals surface area contributed by atoms with E-state index in [4.69, 9.17) is 16.3 Å². The highest BCUT2D eigenvalue weighted by molar-refractivity contribution is 5.98. The molecule has 0 unspecified atom stereocenters. The molecule has 0 aliphatic rings. The van der Waals surface area contributed by atoms with Gasteiger partial charge in [0, 0.05) is 5.69 Å². The largest absolute Gasteiger partial charge is 0.324 e. The topological polar surface area (TPSA) is 103 Å². The van der Waals surface area contributed by atoms with Gasteiger partial charge in [-0.25, -0.2) is 0 Å². The van der Waals surface area contributed by atoms with Gasteiger partial charge in [-0.15, -0.1) is 0 Å². The molecule has 0 radical (unpaired) electrons. The van der Waals surface area contributed by atoms with Crippen LogP contribution in [0.15, 0.2) is 18.2 Å². The number of anilines is 1. The number of amides is 1. The molecule has 0 atom stereocenters. The van der Waals surface area contributed by atoms with E-state index in [9.17, 15) is 4.79 Å². The Kier molecular flexibility index (Phi) is 4.63. The molecule has 3 N–H and O–H groups in total. The Morgan fingerprint density at radius 3 is 2.32 bits per heavy atom. The van der Waals surface area contributed by atoms with Crippen molar-refractivity contribution >= 4 is 11.6 Å². The molecule has 5 nitrogen and oxygen atoms in total. The second-order valence-electron chi connectivity index (χ2n) is 4.30. The summed E-state index contributed by atoms with van der Waals surface area (Å²) < 4.78 is 0. The SMILES string of the molecule is CCC(N)(CC)C(=O)Nc1ccc(C#N)c(C#N)c1. The van der Waals surface area contributed by atoms with Crippen LogP contribution >= 0.6 is 0 Å². The van der Waals surface area contributed by atoms with Crippen LogP contribution in [0.3, 0.4) is 0 Å². The Hall–Kier alpha value is -2.37. The maximum Gasteiger partial charge on any atom is 0.244 e. The average molecular weight is 256 g/mol. The second kappa shape index (κ2) is 5.99. The molecule has 0 aliphatic heterocycles. The standard InChI is InChI=1S/C14H16N4O/c1-3-14(17,4-2)13(19)18-12-6-5-10(8-15)11(7-12)9-16/h5-7H,3-4,17H2,1-2H3,(H,18,19). The maximum absolute atomic E-state index is 12.1. The summed E-state index contributed by atoms with van der Waals surface area (Å²) in [6.45, 7) is 3.70. The van der Waals surface area contributed by atoms with Crippen molar-refractivity contribution in [3.63, 3.8) is 0 Å². The number of hydrogen-bond acceptors (Lipinski definition) is 4. The lowest BCUT2D eigenvalue weighted by Gasteiger charge is -2.25. The number of nitrogens with two attached hydrogens (primary N) is 1. The molecule has 1 rings (SSSR count). The van der Waals surface area contributed by atoms with E-state index in [1.54, 1.807) is 6.07 Å². The molecule has 5 heteroatoms. The number of nitrogens with zero attached hydrogens (tertiary/aromatic N) is 2. The molecule has 19 heavy (non-hydrogen) atoms. The van der Waals surface area contributed by atoms with Crippen LogP contribution in [-0.2, 0) is 4.79 Å². The van der Waals surface area contributed by atoms with E-state index in [2.05, 4.69) is 5.32 Å². The van der Waals surface area contributed by atoms with Crippen molar-refractivity contribution in [1.29, 1.82) is 10.5 Å². The van der Waals surface area contributed by atoms with Gasteiger partial charge in [-0.2, -0.15) is 10.5 Å². The molecule has 1 aromatic carbocycles. The average Bonchev–Trinajstić information content (AvgIpc) is 2.45. The fraction of sp³-hybridized carbons (Fsp3) is 0.357. The summed E-state index contributed by atoms with van der Waals surface area (Å²) in [4.78, 5) is 12.1. The van der Waals surface area contributed by atoms with Crippen molar-refractivity contribution in [2.24, 2.45) is 5.73 Å². The predicted molar refractivity (Wildman–Crippen MR) is 72.0 cm³/mol. The molecule has 0 aliphatic carbocycles. The molecule has 1 amide bonds. The molecule has 0 fully saturated rings. The fourth-order valence-corrected chi connectivity index (χ4v) is 1.64. The number of benzene rings is 1. The van der Waals surface area contributed by atoms with Gasteiger partial charge in [0.2, 0.25) is 5.91 Å². The minimum atomic E-state index is -0.916. The third kappa shape index (κ3) is 3.09. The minimum Gasteiger partial charge on any atom is -0.324 e. The smallest absolute Gasteiger partial charge is 0.244 e. The third-order valence-electron chi connectivity index (χ3n) is 3.23. The van der Waals surface area contributed by atoms with Crippen molar-refractivity contribution < 1.29 is 4.79 Å². The van der Waals surface area contributed by atoms with Gasteiger partial charge in [0.1, 0.15) is 12.1 Å². The molecule has 98 valence electrons. The summed E-state index contributed by atoms with van der Waals surface area (Å²) in [5.74, 6) is -0.286. The number of rotatable bonds is 4. The van der Waals surface area contributed by atoms with Crippen LogP contribution in [0, 0.1) is 22.7 Å². The summed E-state index contributed by atoms with van der Waals surface area (Å²) in [7, 11) is 0. The molecule has 1 aromatic rings. The lowest BCUT2D eigenvalue weighted by Crippen LogP contribution is -2.50. The van der Waals surface area contributed by atoms with Crippen LogP contribution in [0.4, 0.5) is 5.69 Å². The molecule has 0 heterocycles. The third-order valence-corrected chi connectivity index (χ3v) is 3.23. The predicted octanol–water partition coefficient (Wildman–Crippen LogP) is 1.89. The van der Waals surface area contributed by atoms with E-state index >= 15 is 0 Å². The van der Waals surface area contributed by atoms with Gasteiger partial charge in [0.05, 0.1) is 16.7 Å². The zero-order chi connectivity index (χ0) is 14.5.